The average molecular weight is 275 g/mol. The van der Waals surface area contributed by atoms with Gasteiger partial charge >= 0.3 is 0 Å². The lowest BCUT2D eigenvalue weighted by Crippen LogP contribution is -2.28. The van der Waals surface area contributed by atoms with E-state index in [9.17, 15) is 4.79 Å². The van der Waals surface area contributed by atoms with E-state index in [4.69, 9.17) is 0 Å². The zero-order chi connectivity index (χ0) is 13.1. The Bertz CT molecular complexity index is 485. The van der Waals surface area contributed by atoms with E-state index in [-0.39, 0.29) is 12.5 Å². The Morgan fingerprint density at radius 2 is 2.16 bits per heavy atom. The van der Waals surface area contributed by atoms with Gasteiger partial charge in [0.1, 0.15) is 6.54 Å². The molecule has 0 spiro atoms. The van der Waals surface area contributed by atoms with E-state index in [1.165, 1.54) is 5.56 Å². The van der Waals surface area contributed by atoms with Crippen molar-refractivity contribution < 1.29 is 4.79 Å². The zero-order valence-corrected chi connectivity index (χ0v) is 11.5. The molecule has 1 amide bonds. The maximum Gasteiger partial charge on any atom is 0.241 e. The first-order chi connectivity index (χ1) is 9.31. The molecule has 5 heteroatoms. The Labute approximate surface area is 117 Å². The molecule has 0 bridgehead atoms. The van der Waals surface area contributed by atoms with Gasteiger partial charge in [0.25, 0.3) is 0 Å². The van der Waals surface area contributed by atoms with Crippen molar-refractivity contribution in [1.82, 2.24) is 10.6 Å². The van der Waals surface area contributed by atoms with Crippen LogP contribution in [-0.2, 0) is 4.79 Å². The van der Waals surface area contributed by atoms with Crippen molar-refractivity contribution in [1.29, 1.82) is 0 Å². The van der Waals surface area contributed by atoms with Gasteiger partial charge in [-0.1, -0.05) is 42.1 Å². The molecule has 1 unspecified atom stereocenters. The first-order valence-electron chi connectivity index (χ1n) is 6.59. The molecule has 1 atom stereocenters. The van der Waals surface area contributed by atoms with Crippen LogP contribution in [-0.4, -0.2) is 29.4 Å². The van der Waals surface area contributed by atoms with Crippen molar-refractivity contribution >= 4 is 22.8 Å². The van der Waals surface area contributed by atoms with Crippen LogP contribution in [0.1, 0.15) is 24.4 Å². The summed E-state index contributed by atoms with van der Waals surface area (Å²) < 4.78 is 0. The van der Waals surface area contributed by atoms with Crippen LogP contribution < -0.4 is 10.6 Å². The van der Waals surface area contributed by atoms with Gasteiger partial charge in [-0.3, -0.25) is 9.79 Å². The molecule has 3 rings (SSSR count). The second kappa shape index (κ2) is 5.65. The van der Waals surface area contributed by atoms with Crippen molar-refractivity contribution in [2.75, 3.05) is 12.3 Å². The monoisotopic (exact) mass is 275 g/mol. The lowest BCUT2D eigenvalue weighted by Gasteiger charge is -2.09. The molecule has 1 aliphatic carbocycles. The van der Waals surface area contributed by atoms with E-state index in [1.807, 2.05) is 18.2 Å². The summed E-state index contributed by atoms with van der Waals surface area (Å²) in [7, 11) is 0. The third-order valence-corrected chi connectivity index (χ3v) is 4.22. The van der Waals surface area contributed by atoms with Crippen molar-refractivity contribution in [2.45, 2.75) is 24.9 Å². The number of nitrogens with zero attached hydrogens (tertiary/aromatic N) is 1. The van der Waals surface area contributed by atoms with Crippen LogP contribution in [0.4, 0.5) is 0 Å². The van der Waals surface area contributed by atoms with Crippen molar-refractivity contribution in [3.63, 3.8) is 0 Å². The largest absolute Gasteiger partial charge is 0.357 e. The number of rotatable bonds is 4. The van der Waals surface area contributed by atoms with Crippen LogP contribution in [0.15, 0.2) is 35.3 Å². The van der Waals surface area contributed by atoms with E-state index in [0.29, 0.717) is 12.1 Å². The van der Waals surface area contributed by atoms with Gasteiger partial charge in [0.05, 0.1) is 6.04 Å². The number of amides is 1. The van der Waals surface area contributed by atoms with Gasteiger partial charge in [0.15, 0.2) is 5.17 Å². The van der Waals surface area contributed by atoms with Gasteiger partial charge in [-0.25, -0.2) is 0 Å². The number of amidine groups is 1. The quantitative estimate of drug-likeness (QED) is 0.879. The van der Waals surface area contributed by atoms with Crippen molar-refractivity contribution in [2.24, 2.45) is 4.99 Å². The van der Waals surface area contributed by atoms with E-state index < -0.39 is 0 Å². The molecule has 1 saturated carbocycles. The summed E-state index contributed by atoms with van der Waals surface area (Å²) >= 11 is 1.68. The molecular weight excluding hydrogens is 258 g/mol. The molecule has 1 heterocycles. The number of carbonyl (C=O) groups excluding carboxylic acids is 1. The SMILES string of the molecule is O=C(CN=C1NC(c2ccccc2)CS1)NC1CC1. The van der Waals surface area contributed by atoms with E-state index in [1.54, 1.807) is 11.8 Å². The third-order valence-electron chi connectivity index (χ3n) is 3.20. The summed E-state index contributed by atoms with van der Waals surface area (Å²) in [6.07, 6.45) is 2.23. The smallest absolute Gasteiger partial charge is 0.241 e. The minimum absolute atomic E-state index is 0.0283. The fourth-order valence-electron chi connectivity index (χ4n) is 2.00. The normalized spacial score (nSPS) is 24.2. The fourth-order valence-corrected chi connectivity index (χ4v) is 2.98. The predicted molar refractivity (Wildman–Crippen MR) is 78.2 cm³/mol. The molecule has 100 valence electrons. The van der Waals surface area contributed by atoms with Crippen LogP contribution in [0.25, 0.3) is 0 Å². The van der Waals surface area contributed by atoms with Crippen LogP contribution in [0.3, 0.4) is 0 Å². The molecule has 19 heavy (non-hydrogen) atoms. The summed E-state index contributed by atoms with van der Waals surface area (Å²) in [5, 5.41) is 7.18. The Kier molecular flexibility index (Phi) is 3.73. The lowest BCUT2D eigenvalue weighted by molar-refractivity contribution is -0.119. The molecule has 1 aromatic rings. The van der Waals surface area contributed by atoms with Gasteiger partial charge < -0.3 is 10.6 Å². The highest BCUT2D eigenvalue weighted by atomic mass is 32.2. The molecule has 1 aliphatic heterocycles. The molecule has 0 radical (unpaired) electrons. The highest BCUT2D eigenvalue weighted by Gasteiger charge is 2.24. The second-order valence-electron chi connectivity index (χ2n) is 4.88. The lowest BCUT2D eigenvalue weighted by atomic mass is 10.1. The second-order valence-corrected chi connectivity index (χ2v) is 5.89. The molecule has 2 N–H and O–H groups in total. The molecule has 1 aromatic carbocycles. The number of aliphatic imine (C=N–C) groups is 1. The van der Waals surface area contributed by atoms with Crippen LogP contribution in [0.2, 0.25) is 0 Å². The average Bonchev–Trinajstić information content (AvgIpc) is 3.12. The van der Waals surface area contributed by atoms with E-state index >= 15 is 0 Å². The van der Waals surface area contributed by atoms with Gasteiger partial charge in [0.2, 0.25) is 5.91 Å². The summed E-state index contributed by atoms with van der Waals surface area (Å²) in [6.45, 7) is 0.230. The maximum atomic E-state index is 11.5. The minimum atomic E-state index is 0.0283. The Balaban J connectivity index is 1.52. The number of hydrogen-bond donors (Lipinski definition) is 2. The topological polar surface area (TPSA) is 53.5 Å². The number of carbonyl (C=O) groups is 1. The number of thioether (sulfide) groups is 1. The Morgan fingerprint density at radius 1 is 1.37 bits per heavy atom. The third kappa shape index (κ3) is 3.50. The van der Waals surface area contributed by atoms with E-state index in [2.05, 4.69) is 27.8 Å². The van der Waals surface area contributed by atoms with Crippen LogP contribution in [0, 0.1) is 0 Å². The van der Waals surface area contributed by atoms with E-state index in [0.717, 1.165) is 23.8 Å². The standard InChI is InChI=1S/C14H17N3OS/c18-13(16-11-6-7-11)8-15-14-17-12(9-19-14)10-4-2-1-3-5-10/h1-5,11-12H,6-9H2,(H,15,17)(H,16,18). The molecule has 1 saturated heterocycles. The molecular formula is C14H17N3OS. The van der Waals surface area contributed by atoms with Gasteiger partial charge in [-0.2, -0.15) is 0 Å². The first-order valence-corrected chi connectivity index (χ1v) is 7.58. The first kappa shape index (κ1) is 12.5. The van der Waals surface area contributed by atoms with Gasteiger partial charge in [0, 0.05) is 11.8 Å². The summed E-state index contributed by atoms with van der Waals surface area (Å²) in [6, 6.07) is 11.0. The maximum absolute atomic E-state index is 11.5. The highest BCUT2D eigenvalue weighted by Crippen LogP contribution is 2.25. The van der Waals surface area contributed by atoms with Gasteiger partial charge in [-0.05, 0) is 18.4 Å². The van der Waals surface area contributed by atoms with Crippen LogP contribution >= 0.6 is 11.8 Å². The van der Waals surface area contributed by atoms with Gasteiger partial charge in [-0.15, -0.1) is 0 Å². The molecule has 2 aliphatic rings. The predicted octanol–water partition coefficient (Wildman–Crippen LogP) is 1.70. The Hall–Kier alpha value is -1.49. The van der Waals surface area contributed by atoms with Crippen molar-refractivity contribution in [3.05, 3.63) is 35.9 Å². The number of benzene rings is 1. The molecule has 4 nitrogen and oxygen atoms in total. The zero-order valence-electron chi connectivity index (χ0n) is 10.6. The molecule has 0 aromatic heterocycles. The molecule has 2 fully saturated rings. The highest BCUT2D eigenvalue weighted by molar-refractivity contribution is 8.14. The summed E-state index contributed by atoms with van der Waals surface area (Å²) in [4.78, 5) is 15.9. The Morgan fingerprint density at radius 3 is 2.89 bits per heavy atom. The van der Waals surface area contributed by atoms with Crippen LogP contribution in [0.5, 0.6) is 0 Å². The van der Waals surface area contributed by atoms with Crippen molar-refractivity contribution in [3.8, 4) is 0 Å². The summed E-state index contributed by atoms with van der Waals surface area (Å²) in [5.74, 6) is 0.994. The number of hydrogen-bond acceptors (Lipinski definition) is 3. The number of nitrogens with one attached hydrogen (secondary N) is 2. The fraction of sp³-hybridized carbons (Fsp3) is 0.429. The minimum Gasteiger partial charge on any atom is -0.357 e. The summed E-state index contributed by atoms with van der Waals surface area (Å²) in [5.41, 5.74) is 1.27.